The van der Waals surface area contributed by atoms with Gasteiger partial charge in [0.05, 0.1) is 12.2 Å². The fourth-order valence-electron chi connectivity index (χ4n) is 2.64. The first-order valence-corrected chi connectivity index (χ1v) is 7.63. The van der Waals surface area contributed by atoms with Crippen LogP contribution >= 0.6 is 0 Å². The van der Waals surface area contributed by atoms with E-state index < -0.39 is 0 Å². The van der Waals surface area contributed by atoms with E-state index in [1.54, 1.807) is 4.90 Å². The first-order chi connectivity index (χ1) is 10.8. The lowest BCUT2D eigenvalue weighted by atomic mass is 10.1. The lowest BCUT2D eigenvalue weighted by Crippen LogP contribution is -2.47. The highest BCUT2D eigenvalue weighted by Gasteiger charge is 2.30. The third kappa shape index (κ3) is 2.97. The molecular formula is C18H20N2O2. The molecule has 1 heterocycles. The molecule has 1 aliphatic rings. The summed E-state index contributed by atoms with van der Waals surface area (Å²) in [6.07, 6.45) is 0.909. The van der Waals surface area contributed by atoms with E-state index in [-0.39, 0.29) is 6.03 Å². The molecule has 2 amide bonds. The maximum Gasteiger partial charge on any atom is 0.348 e. The number of rotatable bonds is 5. The van der Waals surface area contributed by atoms with Gasteiger partial charge in [0, 0.05) is 6.54 Å². The second-order valence-electron chi connectivity index (χ2n) is 5.36. The topological polar surface area (TPSA) is 32.8 Å². The van der Waals surface area contributed by atoms with Crippen molar-refractivity contribution in [1.82, 2.24) is 5.06 Å². The summed E-state index contributed by atoms with van der Waals surface area (Å²) >= 11 is 0. The van der Waals surface area contributed by atoms with E-state index in [1.165, 1.54) is 5.06 Å². The van der Waals surface area contributed by atoms with Gasteiger partial charge in [0.15, 0.2) is 0 Å². The molecule has 0 atom stereocenters. The number of hydroxylamine groups is 2. The van der Waals surface area contributed by atoms with Crippen molar-refractivity contribution in [3.8, 4) is 0 Å². The average molecular weight is 296 g/mol. The molecule has 114 valence electrons. The normalized spacial score (nSPS) is 14.1. The number of anilines is 1. The molecule has 0 N–H and O–H groups in total. The second kappa shape index (κ2) is 6.62. The molecule has 0 spiro atoms. The van der Waals surface area contributed by atoms with Gasteiger partial charge in [0.2, 0.25) is 0 Å². The largest absolute Gasteiger partial charge is 0.348 e. The molecule has 4 heteroatoms. The van der Waals surface area contributed by atoms with Crippen molar-refractivity contribution in [1.29, 1.82) is 0 Å². The minimum atomic E-state index is -0.0866. The number of para-hydroxylation sites is 1. The molecule has 22 heavy (non-hydrogen) atoms. The number of carbonyl (C=O) groups excluding carboxylic acids is 1. The predicted molar refractivity (Wildman–Crippen MR) is 86.2 cm³/mol. The monoisotopic (exact) mass is 296 g/mol. The molecule has 0 bridgehead atoms. The van der Waals surface area contributed by atoms with E-state index in [0.717, 1.165) is 23.2 Å². The number of carbonyl (C=O) groups is 1. The van der Waals surface area contributed by atoms with Crippen LogP contribution in [0.3, 0.4) is 0 Å². The van der Waals surface area contributed by atoms with E-state index >= 15 is 0 Å². The Morgan fingerprint density at radius 1 is 1.05 bits per heavy atom. The van der Waals surface area contributed by atoms with Crippen LogP contribution in [0.25, 0.3) is 0 Å². The Morgan fingerprint density at radius 3 is 2.55 bits per heavy atom. The number of benzene rings is 2. The van der Waals surface area contributed by atoms with E-state index in [1.807, 2.05) is 54.6 Å². The van der Waals surface area contributed by atoms with Gasteiger partial charge in [0.1, 0.15) is 6.61 Å². The van der Waals surface area contributed by atoms with E-state index in [4.69, 9.17) is 4.84 Å². The standard InChI is InChI=1S/C18H20N2O2/c1-2-12-19-17-11-7-6-10-16(17)13-20(18(19)21)22-14-15-8-4-3-5-9-15/h3-11H,2,12-14H2,1H3. The third-order valence-electron chi connectivity index (χ3n) is 3.72. The fraction of sp³-hybridized carbons (Fsp3) is 0.278. The summed E-state index contributed by atoms with van der Waals surface area (Å²) in [5.41, 5.74) is 3.16. The maximum atomic E-state index is 12.6. The summed E-state index contributed by atoms with van der Waals surface area (Å²) in [6, 6.07) is 17.8. The number of urea groups is 1. The van der Waals surface area contributed by atoms with Crippen molar-refractivity contribution >= 4 is 11.7 Å². The average Bonchev–Trinajstić information content (AvgIpc) is 2.57. The molecular weight excluding hydrogens is 276 g/mol. The Bertz CT molecular complexity index is 643. The van der Waals surface area contributed by atoms with Gasteiger partial charge in [-0.25, -0.2) is 4.79 Å². The Hall–Kier alpha value is -2.33. The minimum Gasteiger partial charge on any atom is -0.292 e. The maximum absolute atomic E-state index is 12.6. The van der Waals surface area contributed by atoms with Crippen molar-refractivity contribution in [2.75, 3.05) is 11.4 Å². The zero-order valence-electron chi connectivity index (χ0n) is 12.7. The van der Waals surface area contributed by atoms with Crippen LogP contribution in [0.5, 0.6) is 0 Å². The van der Waals surface area contributed by atoms with E-state index in [0.29, 0.717) is 19.7 Å². The van der Waals surface area contributed by atoms with Crippen LogP contribution < -0.4 is 4.90 Å². The summed E-state index contributed by atoms with van der Waals surface area (Å²) in [5, 5.41) is 1.46. The van der Waals surface area contributed by atoms with Gasteiger partial charge in [0.25, 0.3) is 0 Å². The van der Waals surface area contributed by atoms with Crippen molar-refractivity contribution in [2.45, 2.75) is 26.5 Å². The quantitative estimate of drug-likeness (QED) is 0.836. The zero-order valence-corrected chi connectivity index (χ0v) is 12.7. The summed E-state index contributed by atoms with van der Waals surface area (Å²) < 4.78 is 0. The molecule has 3 rings (SSSR count). The molecule has 0 aromatic heterocycles. The SMILES string of the molecule is CCCN1C(=O)N(OCc2ccccc2)Cc2ccccc21. The molecule has 0 unspecified atom stereocenters. The Balaban J connectivity index is 1.77. The third-order valence-corrected chi connectivity index (χ3v) is 3.72. The Labute approximate surface area is 130 Å². The molecule has 0 fully saturated rings. The summed E-state index contributed by atoms with van der Waals surface area (Å²) in [7, 11) is 0. The van der Waals surface area contributed by atoms with Gasteiger partial charge in [-0.1, -0.05) is 55.5 Å². The Morgan fingerprint density at radius 2 is 1.77 bits per heavy atom. The summed E-state index contributed by atoms with van der Waals surface area (Å²) in [6.45, 7) is 3.65. The number of hydrogen-bond donors (Lipinski definition) is 0. The van der Waals surface area contributed by atoms with Crippen LogP contribution in [0.2, 0.25) is 0 Å². The first-order valence-electron chi connectivity index (χ1n) is 7.63. The van der Waals surface area contributed by atoms with Gasteiger partial charge in [-0.3, -0.25) is 9.74 Å². The van der Waals surface area contributed by atoms with Gasteiger partial charge in [-0.15, -0.1) is 0 Å². The molecule has 2 aromatic carbocycles. The van der Waals surface area contributed by atoms with Crippen LogP contribution in [0.1, 0.15) is 24.5 Å². The second-order valence-corrected chi connectivity index (χ2v) is 5.36. The lowest BCUT2D eigenvalue weighted by molar-refractivity contribution is -0.134. The van der Waals surface area contributed by atoms with Crippen molar-refractivity contribution in [3.05, 3.63) is 65.7 Å². The highest BCUT2D eigenvalue weighted by molar-refractivity contribution is 5.94. The number of amides is 2. The lowest BCUT2D eigenvalue weighted by Gasteiger charge is -2.36. The summed E-state index contributed by atoms with van der Waals surface area (Å²) in [5.74, 6) is 0. The zero-order chi connectivity index (χ0) is 15.4. The molecule has 2 aromatic rings. The van der Waals surface area contributed by atoms with Crippen LogP contribution in [-0.2, 0) is 18.0 Å². The van der Waals surface area contributed by atoms with Crippen molar-refractivity contribution in [2.24, 2.45) is 0 Å². The van der Waals surface area contributed by atoms with Gasteiger partial charge in [-0.05, 0) is 23.6 Å². The molecule has 0 radical (unpaired) electrons. The summed E-state index contributed by atoms with van der Waals surface area (Å²) in [4.78, 5) is 20.2. The fourth-order valence-corrected chi connectivity index (χ4v) is 2.64. The first kappa shape index (κ1) is 14.6. The van der Waals surface area contributed by atoms with Crippen LogP contribution in [0.15, 0.2) is 54.6 Å². The number of nitrogens with zero attached hydrogens (tertiary/aromatic N) is 2. The van der Waals surface area contributed by atoms with Crippen molar-refractivity contribution < 1.29 is 9.63 Å². The highest BCUT2D eigenvalue weighted by Crippen LogP contribution is 2.29. The van der Waals surface area contributed by atoms with Gasteiger partial charge < -0.3 is 0 Å². The molecule has 1 aliphatic heterocycles. The minimum absolute atomic E-state index is 0.0866. The Kier molecular flexibility index (Phi) is 4.39. The molecule has 0 saturated carbocycles. The predicted octanol–water partition coefficient (Wildman–Crippen LogP) is 3.97. The number of fused-ring (bicyclic) bond motifs is 1. The smallest absolute Gasteiger partial charge is 0.292 e. The van der Waals surface area contributed by atoms with E-state index in [2.05, 4.69) is 6.92 Å². The van der Waals surface area contributed by atoms with Crippen LogP contribution in [0, 0.1) is 0 Å². The molecule has 4 nitrogen and oxygen atoms in total. The van der Waals surface area contributed by atoms with E-state index in [9.17, 15) is 4.79 Å². The van der Waals surface area contributed by atoms with Crippen LogP contribution in [-0.4, -0.2) is 17.6 Å². The number of hydrogen-bond acceptors (Lipinski definition) is 2. The van der Waals surface area contributed by atoms with Crippen molar-refractivity contribution in [3.63, 3.8) is 0 Å². The van der Waals surface area contributed by atoms with Gasteiger partial charge >= 0.3 is 6.03 Å². The van der Waals surface area contributed by atoms with Crippen LogP contribution in [0.4, 0.5) is 10.5 Å². The highest BCUT2D eigenvalue weighted by atomic mass is 16.7. The molecule has 0 aliphatic carbocycles. The van der Waals surface area contributed by atoms with Gasteiger partial charge in [-0.2, -0.15) is 5.06 Å². The molecule has 0 saturated heterocycles.